The molecule has 2 heterocycles. The van der Waals surface area contributed by atoms with Crippen LogP contribution in [-0.4, -0.2) is 16.9 Å². The highest BCUT2D eigenvalue weighted by Gasteiger charge is 2.17. The predicted molar refractivity (Wildman–Crippen MR) is 109 cm³/mol. The van der Waals surface area contributed by atoms with Crippen LogP contribution >= 0.6 is 22.7 Å². The lowest BCUT2D eigenvalue weighted by molar-refractivity contribution is -0.136. The molecule has 3 aromatic rings. The maximum Gasteiger partial charge on any atom is 0.313 e. The number of amides is 2. The number of aliphatic hydroxyl groups excluding tert-OH is 1. The molecule has 1 unspecified atom stereocenters. The van der Waals surface area contributed by atoms with E-state index < -0.39 is 17.9 Å². The fourth-order valence-electron chi connectivity index (χ4n) is 2.54. The van der Waals surface area contributed by atoms with Crippen molar-refractivity contribution in [2.24, 2.45) is 0 Å². The number of aliphatic hydroxyl groups is 1. The SMILES string of the molecule is Cc1cccc(NC(=O)C(=O)NCc2ccc(C(O)c3ccsc3)s2)c1C. The van der Waals surface area contributed by atoms with Crippen LogP contribution in [0.5, 0.6) is 0 Å². The average Bonchev–Trinajstić information content (AvgIpc) is 3.34. The first kappa shape index (κ1) is 19.3. The summed E-state index contributed by atoms with van der Waals surface area (Å²) in [7, 11) is 0. The van der Waals surface area contributed by atoms with Crippen LogP contribution in [0, 0.1) is 13.8 Å². The van der Waals surface area contributed by atoms with E-state index in [2.05, 4.69) is 10.6 Å². The quantitative estimate of drug-likeness (QED) is 0.571. The molecule has 2 amide bonds. The maximum atomic E-state index is 12.1. The highest BCUT2D eigenvalue weighted by atomic mass is 32.1. The second-order valence-corrected chi connectivity index (χ2v) is 8.13. The number of rotatable bonds is 5. The van der Waals surface area contributed by atoms with Gasteiger partial charge < -0.3 is 15.7 Å². The van der Waals surface area contributed by atoms with E-state index in [0.29, 0.717) is 5.69 Å². The highest BCUT2D eigenvalue weighted by Crippen LogP contribution is 2.29. The fraction of sp³-hybridized carbons (Fsp3) is 0.200. The van der Waals surface area contributed by atoms with Gasteiger partial charge in [-0.25, -0.2) is 0 Å². The molecule has 7 heteroatoms. The zero-order valence-electron chi connectivity index (χ0n) is 15.0. The first-order chi connectivity index (χ1) is 13.0. The Hall–Kier alpha value is -2.48. The molecule has 1 atom stereocenters. The summed E-state index contributed by atoms with van der Waals surface area (Å²) in [5.74, 6) is -1.39. The second kappa shape index (κ2) is 8.47. The number of aryl methyl sites for hydroxylation is 1. The smallest absolute Gasteiger partial charge is 0.313 e. The zero-order chi connectivity index (χ0) is 19.4. The maximum absolute atomic E-state index is 12.1. The Morgan fingerprint density at radius 3 is 2.67 bits per heavy atom. The largest absolute Gasteiger partial charge is 0.383 e. The number of nitrogens with one attached hydrogen (secondary N) is 2. The lowest BCUT2D eigenvalue weighted by atomic mass is 10.1. The number of carbonyl (C=O) groups is 2. The Kier molecular flexibility index (Phi) is 6.05. The van der Waals surface area contributed by atoms with E-state index in [4.69, 9.17) is 0 Å². The van der Waals surface area contributed by atoms with Gasteiger partial charge >= 0.3 is 11.8 Å². The van der Waals surface area contributed by atoms with Gasteiger partial charge in [0.15, 0.2) is 0 Å². The van der Waals surface area contributed by atoms with Crippen LogP contribution in [0.2, 0.25) is 0 Å². The summed E-state index contributed by atoms with van der Waals surface area (Å²) < 4.78 is 0. The molecule has 0 aliphatic carbocycles. The molecule has 0 fully saturated rings. The van der Waals surface area contributed by atoms with Crippen molar-refractivity contribution in [1.82, 2.24) is 5.32 Å². The summed E-state index contributed by atoms with van der Waals surface area (Å²) in [6, 6.07) is 11.1. The topological polar surface area (TPSA) is 78.4 Å². The minimum atomic E-state index is -0.696. The molecule has 1 aromatic carbocycles. The molecule has 0 saturated carbocycles. The predicted octanol–water partition coefficient (Wildman–Crippen LogP) is 3.76. The molecule has 0 aliphatic heterocycles. The second-order valence-electron chi connectivity index (χ2n) is 6.15. The van der Waals surface area contributed by atoms with Crippen molar-refractivity contribution in [3.63, 3.8) is 0 Å². The van der Waals surface area contributed by atoms with Crippen LogP contribution in [0.1, 0.15) is 32.5 Å². The Bertz CT molecular complexity index is 948. The Balaban J connectivity index is 1.56. The zero-order valence-corrected chi connectivity index (χ0v) is 16.6. The van der Waals surface area contributed by atoms with E-state index >= 15 is 0 Å². The molecule has 0 radical (unpaired) electrons. The van der Waals surface area contributed by atoms with E-state index in [0.717, 1.165) is 26.4 Å². The molecule has 0 bridgehead atoms. The van der Waals surface area contributed by atoms with E-state index in [1.807, 2.05) is 54.9 Å². The van der Waals surface area contributed by atoms with E-state index in [1.54, 1.807) is 6.07 Å². The lowest BCUT2D eigenvalue weighted by Gasteiger charge is -2.10. The Morgan fingerprint density at radius 1 is 1.11 bits per heavy atom. The molecule has 27 heavy (non-hydrogen) atoms. The van der Waals surface area contributed by atoms with Gasteiger partial charge in [-0.2, -0.15) is 11.3 Å². The van der Waals surface area contributed by atoms with Gasteiger partial charge in [0.25, 0.3) is 0 Å². The van der Waals surface area contributed by atoms with Crippen LogP contribution in [0.3, 0.4) is 0 Å². The summed E-state index contributed by atoms with van der Waals surface area (Å²) in [4.78, 5) is 25.9. The molecule has 0 saturated heterocycles. The van der Waals surface area contributed by atoms with Crippen molar-refractivity contribution in [3.05, 3.63) is 73.6 Å². The molecular weight excluding hydrogens is 380 g/mol. The first-order valence-corrected chi connectivity index (χ1v) is 10.2. The van der Waals surface area contributed by atoms with E-state index in [9.17, 15) is 14.7 Å². The lowest BCUT2D eigenvalue weighted by Crippen LogP contribution is -2.35. The molecule has 2 aromatic heterocycles. The number of thiophene rings is 2. The van der Waals surface area contributed by atoms with Crippen molar-refractivity contribution in [3.8, 4) is 0 Å². The number of benzene rings is 1. The summed E-state index contributed by atoms with van der Waals surface area (Å²) in [5, 5.41) is 19.4. The Morgan fingerprint density at radius 2 is 1.93 bits per heavy atom. The summed E-state index contributed by atoms with van der Waals surface area (Å²) in [5.41, 5.74) is 3.46. The van der Waals surface area contributed by atoms with Crippen LogP contribution in [0.4, 0.5) is 5.69 Å². The molecular formula is C20H20N2O3S2. The molecule has 0 aliphatic rings. The van der Waals surface area contributed by atoms with Gasteiger partial charge in [-0.3, -0.25) is 9.59 Å². The third kappa shape index (κ3) is 4.63. The van der Waals surface area contributed by atoms with E-state index in [1.165, 1.54) is 22.7 Å². The Labute approximate surface area is 165 Å². The third-order valence-corrected chi connectivity index (χ3v) is 6.13. The van der Waals surface area contributed by atoms with Gasteiger partial charge in [0.05, 0.1) is 6.54 Å². The summed E-state index contributed by atoms with van der Waals surface area (Å²) in [6.07, 6.45) is -0.668. The standard InChI is InChI=1S/C20H20N2O3S2/c1-12-4-3-5-16(13(12)2)22-20(25)19(24)21-10-15-6-7-17(27-15)18(23)14-8-9-26-11-14/h3-9,11,18,23H,10H2,1-2H3,(H,21,24)(H,22,25). The van der Waals surface area contributed by atoms with Crippen LogP contribution in [0.15, 0.2) is 47.2 Å². The van der Waals surface area contributed by atoms with Crippen molar-refractivity contribution < 1.29 is 14.7 Å². The number of carbonyl (C=O) groups excluding carboxylic acids is 2. The van der Waals surface area contributed by atoms with Gasteiger partial charge in [0.1, 0.15) is 6.10 Å². The number of hydrogen-bond acceptors (Lipinski definition) is 5. The molecule has 5 nitrogen and oxygen atoms in total. The highest BCUT2D eigenvalue weighted by molar-refractivity contribution is 7.12. The van der Waals surface area contributed by atoms with Crippen molar-refractivity contribution in [2.75, 3.05) is 5.32 Å². The summed E-state index contributed by atoms with van der Waals surface area (Å²) >= 11 is 2.94. The first-order valence-electron chi connectivity index (χ1n) is 8.40. The molecule has 3 rings (SSSR count). The van der Waals surface area contributed by atoms with E-state index in [-0.39, 0.29) is 6.54 Å². The van der Waals surface area contributed by atoms with Crippen LogP contribution in [0.25, 0.3) is 0 Å². The number of anilines is 1. The van der Waals surface area contributed by atoms with Gasteiger partial charge in [-0.1, -0.05) is 12.1 Å². The van der Waals surface area contributed by atoms with Crippen LogP contribution < -0.4 is 10.6 Å². The summed E-state index contributed by atoms with van der Waals surface area (Å²) in [6.45, 7) is 4.08. The fourth-order valence-corrected chi connectivity index (χ4v) is 4.19. The van der Waals surface area contributed by atoms with Crippen LogP contribution in [-0.2, 0) is 16.1 Å². The van der Waals surface area contributed by atoms with Gasteiger partial charge in [-0.15, -0.1) is 11.3 Å². The van der Waals surface area contributed by atoms with Crippen molar-refractivity contribution in [1.29, 1.82) is 0 Å². The third-order valence-electron chi connectivity index (χ3n) is 4.29. The monoisotopic (exact) mass is 400 g/mol. The molecule has 3 N–H and O–H groups in total. The van der Waals surface area contributed by atoms with Gasteiger partial charge in [-0.05, 0) is 65.6 Å². The minimum Gasteiger partial charge on any atom is -0.383 e. The normalized spacial score (nSPS) is 11.8. The van der Waals surface area contributed by atoms with Crippen molar-refractivity contribution >= 4 is 40.2 Å². The average molecular weight is 401 g/mol. The number of hydrogen-bond donors (Lipinski definition) is 3. The minimum absolute atomic E-state index is 0.236. The van der Waals surface area contributed by atoms with Gasteiger partial charge in [0.2, 0.25) is 0 Å². The molecule has 140 valence electrons. The van der Waals surface area contributed by atoms with Crippen molar-refractivity contribution in [2.45, 2.75) is 26.5 Å². The molecule has 0 spiro atoms. The van der Waals surface area contributed by atoms with Gasteiger partial charge in [0, 0.05) is 15.4 Å².